The van der Waals surface area contributed by atoms with Crippen LogP contribution in [0.2, 0.25) is 0 Å². The van der Waals surface area contributed by atoms with Gasteiger partial charge in [0.25, 0.3) is 0 Å². The number of nitrogens with zero attached hydrogens (tertiary/aromatic N) is 2. The van der Waals surface area contributed by atoms with Gasteiger partial charge in [-0.1, -0.05) is 18.2 Å². The number of aromatic nitrogens is 2. The van der Waals surface area contributed by atoms with E-state index in [0.29, 0.717) is 31.5 Å². The van der Waals surface area contributed by atoms with Gasteiger partial charge in [-0.2, -0.15) is 5.10 Å². The molecule has 7 heteroatoms. The van der Waals surface area contributed by atoms with Gasteiger partial charge < -0.3 is 14.8 Å². The first-order chi connectivity index (χ1) is 13.8. The molecule has 0 fully saturated rings. The van der Waals surface area contributed by atoms with Gasteiger partial charge in [-0.15, -0.1) is 0 Å². The molecule has 0 radical (unpaired) electrons. The normalized spacial score (nSPS) is 18.4. The zero-order chi connectivity index (χ0) is 19.2. The highest BCUT2D eigenvalue weighted by atomic mass is 16.5. The first kappa shape index (κ1) is 18.4. The van der Waals surface area contributed by atoms with Gasteiger partial charge in [0.05, 0.1) is 19.4 Å². The summed E-state index contributed by atoms with van der Waals surface area (Å²) in [6, 6.07) is 7.32. The standard InChI is InChI=1S/C21H26N4O3/c26-21(22-14-17-7-8-18-19(13-17)28-12-4-11-27-18)24-20-9-10-23-25(20)15-16-5-2-1-3-6-16/h1-2,7-10,13,16H,3-6,11-12,14-15H2,(H2,22,24,26). The predicted octanol–water partition coefficient (Wildman–Crippen LogP) is 3.72. The molecule has 7 nitrogen and oxygen atoms in total. The first-order valence-corrected chi connectivity index (χ1v) is 9.88. The second-order valence-corrected chi connectivity index (χ2v) is 7.19. The SMILES string of the molecule is O=C(NCc1ccc2c(c1)OCCCO2)Nc1ccnn1CC1CC=CCC1. The summed E-state index contributed by atoms with van der Waals surface area (Å²) < 4.78 is 13.2. The number of nitrogens with one attached hydrogen (secondary N) is 2. The first-order valence-electron chi connectivity index (χ1n) is 9.88. The molecule has 1 atom stereocenters. The number of anilines is 1. The van der Waals surface area contributed by atoms with Crippen molar-refractivity contribution in [1.82, 2.24) is 15.1 Å². The van der Waals surface area contributed by atoms with Crippen LogP contribution in [0.4, 0.5) is 10.6 Å². The smallest absolute Gasteiger partial charge is 0.320 e. The van der Waals surface area contributed by atoms with E-state index in [2.05, 4.69) is 27.9 Å². The minimum Gasteiger partial charge on any atom is -0.490 e. The Morgan fingerprint density at radius 1 is 1.18 bits per heavy atom. The maximum Gasteiger partial charge on any atom is 0.320 e. The second kappa shape index (κ2) is 8.82. The van der Waals surface area contributed by atoms with Gasteiger partial charge in [-0.05, 0) is 42.9 Å². The van der Waals surface area contributed by atoms with E-state index in [1.165, 1.54) is 0 Å². The van der Waals surface area contributed by atoms with Crippen molar-refractivity contribution in [3.8, 4) is 11.5 Å². The number of carbonyl (C=O) groups excluding carboxylic acids is 1. The highest BCUT2D eigenvalue weighted by molar-refractivity contribution is 5.88. The Labute approximate surface area is 164 Å². The molecular formula is C21H26N4O3. The predicted molar refractivity (Wildman–Crippen MR) is 107 cm³/mol. The van der Waals surface area contributed by atoms with Crippen molar-refractivity contribution in [3.05, 3.63) is 48.2 Å². The highest BCUT2D eigenvalue weighted by Gasteiger charge is 2.15. The average molecular weight is 382 g/mol. The summed E-state index contributed by atoms with van der Waals surface area (Å²) in [6.07, 6.45) is 10.4. The van der Waals surface area contributed by atoms with Gasteiger partial charge in [-0.25, -0.2) is 9.48 Å². The van der Waals surface area contributed by atoms with Crippen molar-refractivity contribution >= 4 is 11.8 Å². The van der Waals surface area contributed by atoms with Crippen LogP contribution in [0.1, 0.15) is 31.2 Å². The molecule has 2 amide bonds. The molecule has 0 spiro atoms. The minimum absolute atomic E-state index is 0.252. The van der Waals surface area contributed by atoms with Crippen molar-refractivity contribution in [2.24, 2.45) is 5.92 Å². The van der Waals surface area contributed by atoms with Crippen LogP contribution >= 0.6 is 0 Å². The van der Waals surface area contributed by atoms with Crippen molar-refractivity contribution in [2.45, 2.75) is 38.8 Å². The molecule has 4 rings (SSSR count). The van der Waals surface area contributed by atoms with Gasteiger partial charge in [0.1, 0.15) is 5.82 Å². The van der Waals surface area contributed by atoms with Crippen molar-refractivity contribution in [2.75, 3.05) is 18.5 Å². The van der Waals surface area contributed by atoms with E-state index in [1.54, 1.807) is 6.20 Å². The van der Waals surface area contributed by atoms with E-state index >= 15 is 0 Å². The van der Waals surface area contributed by atoms with Gasteiger partial charge in [0, 0.05) is 25.6 Å². The van der Waals surface area contributed by atoms with E-state index in [0.717, 1.165) is 49.3 Å². The molecule has 1 unspecified atom stereocenters. The third-order valence-electron chi connectivity index (χ3n) is 5.03. The summed E-state index contributed by atoms with van der Waals surface area (Å²) in [5, 5.41) is 10.1. The van der Waals surface area contributed by atoms with Crippen LogP contribution in [0, 0.1) is 5.92 Å². The van der Waals surface area contributed by atoms with Crippen molar-refractivity contribution < 1.29 is 14.3 Å². The minimum atomic E-state index is -0.252. The summed E-state index contributed by atoms with van der Waals surface area (Å²) >= 11 is 0. The van der Waals surface area contributed by atoms with Crippen LogP contribution in [0.3, 0.4) is 0 Å². The maximum absolute atomic E-state index is 12.3. The number of amides is 2. The Hall–Kier alpha value is -2.96. The number of carbonyl (C=O) groups is 1. The fraction of sp³-hybridized carbons (Fsp3) is 0.429. The quantitative estimate of drug-likeness (QED) is 0.773. The number of allylic oxidation sites excluding steroid dienone is 2. The van der Waals surface area contributed by atoms with E-state index in [-0.39, 0.29) is 6.03 Å². The van der Waals surface area contributed by atoms with Crippen LogP contribution in [0.5, 0.6) is 11.5 Å². The summed E-state index contributed by atoms with van der Waals surface area (Å²) in [6.45, 7) is 2.53. The summed E-state index contributed by atoms with van der Waals surface area (Å²) in [5.41, 5.74) is 0.960. The number of ether oxygens (including phenoxy) is 2. The van der Waals surface area contributed by atoms with E-state index in [4.69, 9.17) is 9.47 Å². The Morgan fingerprint density at radius 2 is 2.07 bits per heavy atom. The molecule has 0 saturated heterocycles. The van der Waals surface area contributed by atoms with Crippen molar-refractivity contribution in [1.29, 1.82) is 0 Å². The van der Waals surface area contributed by atoms with E-state index in [1.807, 2.05) is 28.9 Å². The molecule has 1 aliphatic carbocycles. The molecule has 28 heavy (non-hydrogen) atoms. The molecular weight excluding hydrogens is 356 g/mol. The molecule has 0 bridgehead atoms. The fourth-order valence-corrected chi connectivity index (χ4v) is 3.51. The van der Waals surface area contributed by atoms with Gasteiger partial charge >= 0.3 is 6.03 Å². The lowest BCUT2D eigenvalue weighted by Crippen LogP contribution is -2.29. The third kappa shape index (κ3) is 4.65. The molecule has 1 aromatic heterocycles. The topological polar surface area (TPSA) is 77.4 Å². The van der Waals surface area contributed by atoms with Crippen LogP contribution < -0.4 is 20.1 Å². The van der Waals surface area contributed by atoms with E-state index < -0.39 is 0 Å². The van der Waals surface area contributed by atoms with E-state index in [9.17, 15) is 4.79 Å². The van der Waals surface area contributed by atoms with Crippen LogP contribution in [0.25, 0.3) is 0 Å². The Kier molecular flexibility index (Phi) is 5.80. The molecule has 0 saturated carbocycles. The zero-order valence-electron chi connectivity index (χ0n) is 15.9. The van der Waals surface area contributed by atoms with Crippen molar-refractivity contribution in [3.63, 3.8) is 0 Å². The molecule has 1 aromatic carbocycles. The Bertz CT molecular complexity index is 846. The van der Waals surface area contributed by atoms with Gasteiger partial charge in [-0.3, -0.25) is 5.32 Å². The number of rotatable bonds is 5. The number of urea groups is 1. The lowest BCUT2D eigenvalue weighted by molar-refractivity contribution is 0.251. The molecule has 2 N–H and O–H groups in total. The van der Waals surface area contributed by atoms with Crippen LogP contribution in [-0.4, -0.2) is 29.0 Å². The maximum atomic E-state index is 12.3. The lowest BCUT2D eigenvalue weighted by Gasteiger charge is -2.19. The highest BCUT2D eigenvalue weighted by Crippen LogP contribution is 2.30. The second-order valence-electron chi connectivity index (χ2n) is 7.19. The molecule has 2 aliphatic rings. The zero-order valence-corrected chi connectivity index (χ0v) is 15.9. The number of benzene rings is 1. The molecule has 2 heterocycles. The molecule has 148 valence electrons. The summed E-state index contributed by atoms with van der Waals surface area (Å²) in [4.78, 5) is 12.3. The molecule has 2 aromatic rings. The van der Waals surface area contributed by atoms with Gasteiger partial charge in [0.15, 0.2) is 11.5 Å². The number of hydrogen-bond acceptors (Lipinski definition) is 4. The van der Waals surface area contributed by atoms with Gasteiger partial charge in [0.2, 0.25) is 0 Å². The summed E-state index contributed by atoms with van der Waals surface area (Å²) in [5.74, 6) is 2.77. The van der Waals surface area contributed by atoms with Crippen LogP contribution in [0.15, 0.2) is 42.6 Å². The average Bonchev–Trinajstić information content (AvgIpc) is 3.00. The Balaban J connectivity index is 1.31. The third-order valence-corrected chi connectivity index (χ3v) is 5.03. The lowest BCUT2D eigenvalue weighted by atomic mass is 9.94. The number of fused-ring (bicyclic) bond motifs is 1. The Morgan fingerprint density at radius 3 is 2.93 bits per heavy atom. The number of hydrogen-bond donors (Lipinski definition) is 2. The van der Waals surface area contributed by atoms with Crippen LogP contribution in [-0.2, 0) is 13.1 Å². The largest absolute Gasteiger partial charge is 0.490 e. The monoisotopic (exact) mass is 382 g/mol. The fourth-order valence-electron chi connectivity index (χ4n) is 3.51. The summed E-state index contributed by atoms with van der Waals surface area (Å²) in [7, 11) is 0. The molecule has 1 aliphatic heterocycles.